The van der Waals surface area contributed by atoms with Gasteiger partial charge in [0.05, 0.1) is 23.5 Å². The number of amides is 1. The summed E-state index contributed by atoms with van der Waals surface area (Å²) in [7, 11) is 1.57. The number of benzene rings is 4. The molecular weight excluding hydrogens is 555 g/mol. The van der Waals surface area contributed by atoms with E-state index in [1.807, 2.05) is 49.4 Å². The van der Waals surface area contributed by atoms with Gasteiger partial charge in [-0.2, -0.15) is 5.10 Å². The average Bonchev–Trinajstić information content (AvgIpc) is 2.88. The molecule has 35 heavy (non-hydrogen) atoms. The predicted molar refractivity (Wildman–Crippen MR) is 147 cm³/mol. The first-order chi connectivity index (χ1) is 17.1. The maximum absolute atomic E-state index is 12.4. The number of fused-ring (bicyclic) bond motifs is 1. The van der Waals surface area contributed by atoms with E-state index in [4.69, 9.17) is 14.2 Å². The van der Waals surface area contributed by atoms with Crippen LogP contribution in [0.3, 0.4) is 0 Å². The number of ether oxygens (including phenoxy) is 3. The summed E-state index contributed by atoms with van der Waals surface area (Å²) >= 11 is 2.15. The third-order valence-electron chi connectivity index (χ3n) is 5.32. The third-order valence-corrected chi connectivity index (χ3v) is 6.21. The van der Waals surface area contributed by atoms with Crippen molar-refractivity contribution in [2.75, 3.05) is 13.7 Å². The first-order valence-electron chi connectivity index (χ1n) is 11.1. The molecule has 0 bridgehead atoms. The van der Waals surface area contributed by atoms with Gasteiger partial charge < -0.3 is 14.2 Å². The molecular formula is C28H25IN2O4. The summed E-state index contributed by atoms with van der Waals surface area (Å²) in [5.74, 6) is 1.58. The molecule has 6 nitrogen and oxygen atoms in total. The van der Waals surface area contributed by atoms with Gasteiger partial charge >= 0.3 is 0 Å². The number of methoxy groups -OCH3 is 1. The standard InChI is InChI=1S/C28H25IN2O4/c1-3-34-27-15-19(17-30-31-28(32)21-12-13-24(29)26(16-21)33-2)11-14-25(27)35-18-22-9-6-8-20-7-4-5-10-23(20)22/h4-17H,3,18H2,1-2H3,(H,31,32)/b30-17-. The Labute approximate surface area is 218 Å². The SMILES string of the molecule is CCOc1cc(/C=N\NC(=O)c2ccc(I)c(OC)c2)ccc1OCc1cccc2ccccc12. The predicted octanol–water partition coefficient (Wildman–Crippen LogP) is 6.19. The molecule has 0 unspecified atom stereocenters. The van der Waals surface area contributed by atoms with Crippen molar-refractivity contribution < 1.29 is 19.0 Å². The quantitative estimate of drug-likeness (QED) is 0.146. The molecule has 4 rings (SSSR count). The molecule has 0 aromatic heterocycles. The van der Waals surface area contributed by atoms with Crippen LogP contribution in [0, 0.1) is 3.57 Å². The van der Waals surface area contributed by atoms with Gasteiger partial charge in [-0.05, 0) is 87.8 Å². The van der Waals surface area contributed by atoms with Gasteiger partial charge in [0.1, 0.15) is 12.4 Å². The lowest BCUT2D eigenvalue weighted by Crippen LogP contribution is -2.17. The zero-order valence-corrected chi connectivity index (χ0v) is 21.6. The summed E-state index contributed by atoms with van der Waals surface area (Å²) in [5.41, 5.74) is 4.89. The lowest BCUT2D eigenvalue weighted by Gasteiger charge is -2.13. The van der Waals surface area contributed by atoms with Crippen molar-refractivity contribution in [2.45, 2.75) is 13.5 Å². The minimum Gasteiger partial charge on any atom is -0.496 e. The zero-order chi connectivity index (χ0) is 24.6. The lowest BCUT2D eigenvalue weighted by atomic mass is 10.1. The number of hydrazone groups is 1. The monoisotopic (exact) mass is 580 g/mol. The summed E-state index contributed by atoms with van der Waals surface area (Å²) < 4.78 is 18.1. The van der Waals surface area contributed by atoms with Crippen molar-refractivity contribution in [3.8, 4) is 17.2 Å². The smallest absolute Gasteiger partial charge is 0.271 e. The van der Waals surface area contributed by atoms with E-state index in [0.29, 0.717) is 36.0 Å². The van der Waals surface area contributed by atoms with Crippen molar-refractivity contribution in [2.24, 2.45) is 5.10 Å². The highest BCUT2D eigenvalue weighted by atomic mass is 127. The number of carbonyl (C=O) groups excluding carboxylic acids is 1. The molecule has 0 saturated heterocycles. The van der Waals surface area contributed by atoms with Gasteiger partial charge in [-0.1, -0.05) is 42.5 Å². The molecule has 0 atom stereocenters. The van der Waals surface area contributed by atoms with Gasteiger partial charge in [0.15, 0.2) is 11.5 Å². The van der Waals surface area contributed by atoms with Crippen molar-refractivity contribution in [3.63, 3.8) is 0 Å². The van der Waals surface area contributed by atoms with Crippen LogP contribution in [0.5, 0.6) is 17.2 Å². The van der Waals surface area contributed by atoms with E-state index in [1.165, 1.54) is 10.8 Å². The second-order valence-corrected chi connectivity index (χ2v) is 8.78. The number of carbonyl (C=O) groups is 1. The second kappa shape index (κ2) is 11.7. The molecule has 0 aliphatic heterocycles. The first-order valence-corrected chi connectivity index (χ1v) is 12.2. The van der Waals surface area contributed by atoms with E-state index in [-0.39, 0.29) is 5.91 Å². The molecule has 0 aliphatic rings. The molecule has 0 radical (unpaired) electrons. The maximum atomic E-state index is 12.4. The number of rotatable bonds is 9. The van der Waals surface area contributed by atoms with E-state index >= 15 is 0 Å². The molecule has 4 aromatic rings. The van der Waals surface area contributed by atoms with Crippen LogP contribution in [0.4, 0.5) is 0 Å². The van der Waals surface area contributed by atoms with Crippen molar-refractivity contribution in [1.82, 2.24) is 5.43 Å². The fourth-order valence-electron chi connectivity index (χ4n) is 3.60. The van der Waals surface area contributed by atoms with Crippen LogP contribution in [-0.4, -0.2) is 25.8 Å². The number of nitrogens with one attached hydrogen (secondary N) is 1. The largest absolute Gasteiger partial charge is 0.496 e. The Kier molecular flexibility index (Phi) is 8.20. The van der Waals surface area contributed by atoms with E-state index in [0.717, 1.165) is 14.7 Å². The minimum absolute atomic E-state index is 0.323. The molecule has 0 saturated carbocycles. The van der Waals surface area contributed by atoms with E-state index in [9.17, 15) is 4.79 Å². The van der Waals surface area contributed by atoms with Crippen molar-refractivity contribution in [3.05, 3.63) is 99.1 Å². The van der Waals surface area contributed by atoms with Crippen LogP contribution in [-0.2, 0) is 6.61 Å². The fourth-order valence-corrected chi connectivity index (χ4v) is 4.15. The number of halogens is 1. The maximum Gasteiger partial charge on any atom is 0.271 e. The number of hydrogen-bond donors (Lipinski definition) is 1. The van der Waals surface area contributed by atoms with E-state index in [2.05, 4.69) is 57.4 Å². The van der Waals surface area contributed by atoms with Gasteiger partial charge in [0.25, 0.3) is 5.91 Å². The highest BCUT2D eigenvalue weighted by molar-refractivity contribution is 14.1. The number of nitrogens with zero attached hydrogens (tertiary/aromatic N) is 1. The molecule has 0 aliphatic carbocycles. The highest BCUT2D eigenvalue weighted by Crippen LogP contribution is 2.30. The summed E-state index contributed by atoms with van der Waals surface area (Å²) in [6, 6.07) is 25.2. The first kappa shape index (κ1) is 24.5. The van der Waals surface area contributed by atoms with Gasteiger partial charge in [-0.3, -0.25) is 4.79 Å². The topological polar surface area (TPSA) is 69.2 Å². The molecule has 1 N–H and O–H groups in total. The highest BCUT2D eigenvalue weighted by Gasteiger charge is 2.10. The summed E-state index contributed by atoms with van der Waals surface area (Å²) in [4.78, 5) is 12.4. The Morgan fingerprint density at radius 3 is 2.60 bits per heavy atom. The third kappa shape index (κ3) is 6.10. The van der Waals surface area contributed by atoms with E-state index in [1.54, 1.807) is 25.5 Å². The average molecular weight is 580 g/mol. The Morgan fingerprint density at radius 2 is 1.77 bits per heavy atom. The number of hydrogen-bond acceptors (Lipinski definition) is 5. The van der Waals surface area contributed by atoms with Crippen LogP contribution in [0.1, 0.15) is 28.4 Å². The minimum atomic E-state index is -0.323. The van der Waals surface area contributed by atoms with E-state index < -0.39 is 0 Å². The molecule has 4 aromatic carbocycles. The van der Waals surface area contributed by atoms with Crippen LogP contribution in [0.2, 0.25) is 0 Å². The molecule has 0 fully saturated rings. The Balaban J connectivity index is 1.45. The molecule has 0 heterocycles. The van der Waals surface area contributed by atoms with Gasteiger partial charge in [0, 0.05) is 5.56 Å². The van der Waals surface area contributed by atoms with Crippen LogP contribution >= 0.6 is 22.6 Å². The summed E-state index contributed by atoms with van der Waals surface area (Å²) in [6.07, 6.45) is 1.57. The van der Waals surface area contributed by atoms with Crippen LogP contribution in [0.15, 0.2) is 84.0 Å². The molecule has 178 valence electrons. The Hall–Kier alpha value is -3.59. The fraction of sp³-hybridized carbons (Fsp3) is 0.143. The Morgan fingerprint density at radius 1 is 0.943 bits per heavy atom. The summed E-state index contributed by atoms with van der Waals surface area (Å²) in [5, 5.41) is 6.43. The molecule has 0 spiro atoms. The van der Waals surface area contributed by atoms with Crippen molar-refractivity contribution in [1.29, 1.82) is 0 Å². The van der Waals surface area contributed by atoms with Gasteiger partial charge in [-0.25, -0.2) is 5.43 Å². The van der Waals surface area contributed by atoms with Gasteiger partial charge in [-0.15, -0.1) is 0 Å². The normalized spacial score (nSPS) is 10.9. The van der Waals surface area contributed by atoms with Crippen LogP contribution < -0.4 is 19.6 Å². The zero-order valence-electron chi connectivity index (χ0n) is 19.5. The molecule has 1 amide bonds. The Bertz CT molecular complexity index is 1370. The summed E-state index contributed by atoms with van der Waals surface area (Å²) in [6.45, 7) is 2.84. The van der Waals surface area contributed by atoms with Gasteiger partial charge in [0.2, 0.25) is 0 Å². The lowest BCUT2D eigenvalue weighted by molar-refractivity contribution is 0.0954. The molecule has 7 heteroatoms. The van der Waals surface area contributed by atoms with Crippen LogP contribution in [0.25, 0.3) is 10.8 Å². The van der Waals surface area contributed by atoms with Crippen molar-refractivity contribution >= 4 is 45.5 Å². The second-order valence-electron chi connectivity index (χ2n) is 7.61.